The summed E-state index contributed by atoms with van der Waals surface area (Å²) >= 11 is 0. The number of allylic oxidation sites excluding steroid dienone is 7. The second-order valence-electron chi connectivity index (χ2n) is 12.7. The molecule has 10 heteroatoms. The van der Waals surface area contributed by atoms with Crippen LogP contribution in [0.1, 0.15) is 12.5 Å². The van der Waals surface area contributed by atoms with Gasteiger partial charge in [0, 0.05) is 24.4 Å². The molecular formula is C45H47N2O8+. The summed E-state index contributed by atoms with van der Waals surface area (Å²) in [5, 5.41) is 11.1. The van der Waals surface area contributed by atoms with Gasteiger partial charge in [0.15, 0.2) is 18.8 Å². The molecule has 0 aliphatic heterocycles. The minimum atomic E-state index is -0.184. The van der Waals surface area contributed by atoms with Crippen molar-refractivity contribution >= 4 is 22.8 Å². The molecule has 0 spiro atoms. The van der Waals surface area contributed by atoms with Crippen molar-refractivity contribution in [1.29, 1.82) is 0 Å². The maximum atomic E-state index is 13.5. The molecule has 0 amide bonds. The fourth-order valence-electron chi connectivity index (χ4n) is 6.29. The Hall–Kier alpha value is -6.42. The molecule has 1 N–H and O–H groups in total. The van der Waals surface area contributed by atoms with Gasteiger partial charge in [0.1, 0.15) is 60.1 Å². The highest BCUT2D eigenvalue weighted by Crippen LogP contribution is 2.39. The van der Waals surface area contributed by atoms with E-state index in [4.69, 9.17) is 28.4 Å². The van der Waals surface area contributed by atoms with E-state index in [9.17, 15) is 9.90 Å². The zero-order chi connectivity index (χ0) is 38.6. The first kappa shape index (κ1) is 38.3. The highest BCUT2D eigenvalue weighted by molar-refractivity contribution is 6.39. The van der Waals surface area contributed by atoms with Gasteiger partial charge in [0.2, 0.25) is 5.78 Å². The van der Waals surface area contributed by atoms with Crippen molar-refractivity contribution in [2.45, 2.75) is 6.92 Å². The summed E-state index contributed by atoms with van der Waals surface area (Å²) in [7, 11) is 4.90. The van der Waals surface area contributed by atoms with Crippen LogP contribution < -0.4 is 33.3 Å². The number of ether oxygens (including phenoxy) is 6. The molecule has 4 aromatic carbocycles. The van der Waals surface area contributed by atoms with Crippen LogP contribution in [0.3, 0.4) is 0 Å². The van der Waals surface area contributed by atoms with Crippen LogP contribution in [0.15, 0.2) is 138 Å². The minimum Gasteiger partial charge on any atom is -0.506 e. The Labute approximate surface area is 322 Å². The number of methoxy groups -OCH3 is 3. The highest BCUT2D eigenvalue weighted by atomic mass is 16.5. The number of rotatable bonds is 18. The van der Waals surface area contributed by atoms with Crippen LogP contribution in [-0.2, 0) is 4.79 Å². The van der Waals surface area contributed by atoms with E-state index in [2.05, 4.69) is 16.4 Å². The second kappa shape index (κ2) is 18.6. The molecule has 0 heterocycles. The molecule has 0 aromatic heterocycles. The van der Waals surface area contributed by atoms with Gasteiger partial charge in [-0.05, 0) is 115 Å². The number of anilines is 1. The normalized spacial score (nSPS) is 13.4. The van der Waals surface area contributed by atoms with Crippen molar-refractivity contribution in [2.75, 3.05) is 72.2 Å². The number of hydrogen-bond acceptors (Lipinski definition) is 9. The summed E-state index contributed by atoms with van der Waals surface area (Å²) in [5.41, 5.74) is 3.91. The van der Waals surface area contributed by atoms with Gasteiger partial charge in [-0.15, -0.1) is 0 Å². The van der Waals surface area contributed by atoms with Crippen LogP contribution in [0, 0.1) is 0 Å². The molecule has 2 aliphatic rings. The summed E-state index contributed by atoms with van der Waals surface area (Å²) in [6, 6.07) is 30.2. The topological polar surface area (TPSA) is 98.9 Å². The Morgan fingerprint density at radius 2 is 1.00 bits per heavy atom. The first-order valence-corrected chi connectivity index (χ1v) is 18.3. The fourth-order valence-corrected chi connectivity index (χ4v) is 6.29. The molecule has 6 rings (SSSR count). The summed E-state index contributed by atoms with van der Waals surface area (Å²) in [6.07, 6.45) is 7.64. The van der Waals surface area contributed by atoms with Crippen molar-refractivity contribution in [3.8, 4) is 34.5 Å². The molecule has 0 saturated carbocycles. The van der Waals surface area contributed by atoms with Crippen LogP contribution in [0.2, 0.25) is 0 Å². The molecule has 10 nitrogen and oxygen atoms in total. The Bertz CT molecular complexity index is 2010. The molecule has 0 unspecified atom stereocenters. The standard InChI is InChI=1S/C45H46N2O8/c1-5-46(26-29-53-39-20-14-36(50-2)15-21-39)34-10-6-32(7-11-34)42-44(48)43(45(42)49)33-8-12-35(13-9-33)47(27-30-54-40-22-16-37(51-3)17-23-40)28-31-55-41-24-18-38(52-4)19-25-41/h6-25H,5,26-31H2,1-4H3/p+1. The third-order valence-corrected chi connectivity index (χ3v) is 9.42. The Morgan fingerprint density at radius 1 is 0.564 bits per heavy atom. The van der Waals surface area contributed by atoms with E-state index in [-0.39, 0.29) is 11.5 Å². The van der Waals surface area contributed by atoms with E-state index in [1.807, 2.05) is 121 Å². The van der Waals surface area contributed by atoms with Gasteiger partial charge in [-0.1, -0.05) is 12.1 Å². The van der Waals surface area contributed by atoms with Crippen LogP contribution in [0.25, 0.3) is 5.57 Å². The molecule has 0 fully saturated rings. The van der Waals surface area contributed by atoms with E-state index in [1.54, 1.807) is 21.3 Å². The summed E-state index contributed by atoms with van der Waals surface area (Å²) in [6.45, 7) is 6.12. The van der Waals surface area contributed by atoms with E-state index >= 15 is 0 Å². The predicted molar refractivity (Wildman–Crippen MR) is 215 cm³/mol. The molecule has 0 bridgehead atoms. The van der Waals surface area contributed by atoms with Crippen LogP contribution in [-0.4, -0.2) is 88.5 Å². The van der Waals surface area contributed by atoms with E-state index < -0.39 is 0 Å². The largest absolute Gasteiger partial charge is 0.506 e. The van der Waals surface area contributed by atoms with Crippen molar-refractivity contribution < 1.29 is 42.9 Å². The van der Waals surface area contributed by atoms with Gasteiger partial charge < -0.3 is 38.4 Å². The van der Waals surface area contributed by atoms with Gasteiger partial charge in [0.05, 0.1) is 39.0 Å². The van der Waals surface area contributed by atoms with E-state index in [0.717, 1.165) is 52.4 Å². The van der Waals surface area contributed by atoms with Gasteiger partial charge in [-0.3, -0.25) is 4.79 Å². The van der Waals surface area contributed by atoms with Gasteiger partial charge in [-0.2, -0.15) is 0 Å². The lowest BCUT2D eigenvalue weighted by atomic mass is 9.80. The minimum absolute atomic E-state index is 0.00313. The first-order chi connectivity index (χ1) is 26.9. The van der Waals surface area contributed by atoms with Crippen LogP contribution in [0.4, 0.5) is 5.69 Å². The number of ketones is 1. The number of hydrogen-bond donors (Lipinski definition) is 1. The van der Waals surface area contributed by atoms with Gasteiger partial charge in [-0.25, -0.2) is 4.58 Å². The zero-order valence-corrected chi connectivity index (χ0v) is 31.7. The quantitative estimate of drug-likeness (QED) is 0.0821. The maximum absolute atomic E-state index is 13.5. The lowest BCUT2D eigenvalue weighted by Gasteiger charge is -2.25. The molecule has 0 saturated heterocycles. The van der Waals surface area contributed by atoms with Crippen LogP contribution in [0.5, 0.6) is 34.5 Å². The lowest BCUT2D eigenvalue weighted by molar-refractivity contribution is -0.529. The Balaban J connectivity index is 1.11. The zero-order valence-electron chi connectivity index (χ0n) is 31.7. The van der Waals surface area contributed by atoms with Crippen molar-refractivity contribution in [1.82, 2.24) is 0 Å². The molecule has 2 aliphatic carbocycles. The van der Waals surface area contributed by atoms with Crippen molar-refractivity contribution in [2.24, 2.45) is 0 Å². The number of carbonyl (C=O) groups excluding carboxylic acids is 1. The number of likely N-dealkylation sites (N-methyl/N-ethyl adjacent to an activating group) is 1. The molecule has 55 heavy (non-hydrogen) atoms. The second-order valence-corrected chi connectivity index (χ2v) is 12.7. The maximum Gasteiger partial charge on any atom is 0.201 e. The van der Waals surface area contributed by atoms with Crippen LogP contribution >= 0.6 is 0 Å². The van der Waals surface area contributed by atoms with E-state index in [0.29, 0.717) is 61.7 Å². The highest BCUT2D eigenvalue weighted by Gasteiger charge is 2.36. The first-order valence-electron chi connectivity index (χ1n) is 18.3. The number of nitrogens with zero attached hydrogens (tertiary/aromatic N) is 2. The third kappa shape index (κ3) is 9.58. The van der Waals surface area contributed by atoms with E-state index in [1.165, 1.54) is 0 Å². The van der Waals surface area contributed by atoms with Crippen molar-refractivity contribution in [3.05, 3.63) is 144 Å². The predicted octanol–water partition coefficient (Wildman–Crippen LogP) is 7.50. The monoisotopic (exact) mass is 743 g/mol. The number of Topliss-reactive ketones (excluding diaryl/α,β-unsaturated/α-hetero) is 1. The summed E-state index contributed by atoms with van der Waals surface area (Å²) < 4.78 is 35.9. The summed E-state index contributed by atoms with van der Waals surface area (Å²) in [5.74, 6) is 4.41. The smallest absolute Gasteiger partial charge is 0.201 e. The molecule has 284 valence electrons. The lowest BCUT2D eigenvalue weighted by Crippen LogP contribution is -2.29. The molecular weight excluding hydrogens is 697 g/mol. The SMILES string of the molecule is CCN(CCOc1ccc(OC)cc1)c1ccc(C2=C(O)C(=C3C=CC(=[N+](CCOc4ccc(OC)cc4)CCOc4ccc(OC)cc4)C=C3)C2=O)cc1. The van der Waals surface area contributed by atoms with Gasteiger partial charge in [0.25, 0.3) is 0 Å². The van der Waals surface area contributed by atoms with Crippen molar-refractivity contribution in [3.63, 3.8) is 0 Å². The number of aliphatic hydroxyl groups is 1. The Kier molecular flexibility index (Phi) is 12.9. The summed E-state index contributed by atoms with van der Waals surface area (Å²) in [4.78, 5) is 15.7. The molecule has 0 radical (unpaired) electrons. The Morgan fingerprint density at radius 3 is 1.42 bits per heavy atom. The molecule has 4 aromatic rings. The number of benzene rings is 4. The molecule has 0 atom stereocenters. The average Bonchev–Trinajstić information content (AvgIpc) is 3.23. The number of carbonyl (C=O) groups is 1. The van der Waals surface area contributed by atoms with Gasteiger partial charge >= 0.3 is 0 Å². The average molecular weight is 744 g/mol. The third-order valence-electron chi connectivity index (χ3n) is 9.42. The number of aliphatic hydroxyl groups excluding tert-OH is 1. The fraction of sp³-hybridized carbons (Fsp3) is 0.244.